The first kappa shape index (κ1) is 54.5. The van der Waals surface area contributed by atoms with Gasteiger partial charge in [-0.25, -0.2) is 18.4 Å². The van der Waals surface area contributed by atoms with E-state index in [0.29, 0.717) is 23.4 Å². The number of para-hydroxylation sites is 2. The van der Waals surface area contributed by atoms with E-state index in [2.05, 4.69) is 28.8 Å². The highest BCUT2D eigenvalue weighted by molar-refractivity contribution is 7.92. The maximum atomic E-state index is 15.2. The van der Waals surface area contributed by atoms with Crippen LogP contribution in [-0.2, 0) is 27.8 Å². The molecule has 0 bridgehead atoms. The number of benzene rings is 5. The molecule has 0 fully saturated rings. The fourth-order valence-corrected chi connectivity index (χ4v) is 10.8. The van der Waals surface area contributed by atoms with Gasteiger partial charge in [0, 0.05) is 24.3 Å². The van der Waals surface area contributed by atoms with Crippen molar-refractivity contribution >= 4 is 72.7 Å². The van der Waals surface area contributed by atoms with Crippen molar-refractivity contribution in [3.05, 3.63) is 148 Å². The van der Waals surface area contributed by atoms with Gasteiger partial charge in [0.05, 0.1) is 51.0 Å². The number of nitrogens with one attached hydrogen (secondary N) is 2. The molecule has 1 amide bonds. The van der Waals surface area contributed by atoms with Crippen molar-refractivity contribution in [1.29, 1.82) is 0 Å². The molecule has 7 rings (SSSR count). The van der Waals surface area contributed by atoms with Crippen LogP contribution in [0.3, 0.4) is 0 Å². The second-order valence-electron chi connectivity index (χ2n) is 18.9. The summed E-state index contributed by atoms with van der Waals surface area (Å²) in [5, 5.41) is 3.39. The van der Waals surface area contributed by atoms with E-state index in [1.54, 1.807) is 78.9 Å². The fourth-order valence-electron chi connectivity index (χ4n) is 9.41. The summed E-state index contributed by atoms with van der Waals surface area (Å²) in [4.78, 5) is 55.6. The number of rotatable bonds is 29. The third kappa shape index (κ3) is 15.4. The summed E-state index contributed by atoms with van der Waals surface area (Å²) in [5.74, 6) is -1.08. The minimum Gasteiger partial charge on any atom is -0.491 e. The van der Waals surface area contributed by atoms with Crippen LogP contribution in [0.5, 0.6) is 5.75 Å². The molecule has 0 saturated carbocycles. The van der Waals surface area contributed by atoms with E-state index in [1.165, 1.54) is 99.8 Å². The van der Waals surface area contributed by atoms with Crippen molar-refractivity contribution in [2.75, 3.05) is 34.6 Å². The minimum absolute atomic E-state index is 0.0512. The Morgan fingerprint density at radius 1 is 0.726 bits per heavy atom. The Kier molecular flexibility index (Phi) is 20.6. The molecule has 2 N–H and O–H groups in total. The van der Waals surface area contributed by atoms with Crippen LogP contribution < -0.4 is 25.2 Å². The summed E-state index contributed by atoms with van der Waals surface area (Å²) in [6.45, 7) is 6.01. The molecule has 386 valence electrons. The molecule has 1 aliphatic rings. The summed E-state index contributed by atoms with van der Waals surface area (Å²) in [6.07, 6.45) is 21.5. The molecular weight excluding hydrogens is 956 g/mol. The lowest BCUT2D eigenvalue weighted by Crippen LogP contribution is -2.35. The number of ether oxygens (including phenoxy) is 1. The molecule has 0 saturated heterocycles. The maximum Gasteiger partial charge on any atom is 0.278 e. The van der Waals surface area contributed by atoms with Gasteiger partial charge in [-0.3, -0.25) is 23.7 Å². The molecule has 1 aliphatic heterocycles. The van der Waals surface area contributed by atoms with E-state index in [1.807, 2.05) is 18.2 Å². The third-order valence-electron chi connectivity index (χ3n) is 13.5. The highest BCUT2D eigenvalue weighted by Crippen LogP contribution is 2.33. The highest BCUT2D eigenvalue weighted by atomic mass is 35.5. The summed E-state index contributed by atoms with van der Waals surface area (Å²) in [6, 6.07) is 31.9. The first-order chi connectivity index (χ1) is 35.6. The van der Waals surface area contributed by atoms with Crippen LogP contribution in [0.4, 0.5) is 22.7 Å². The van der Waals surface area contributed by atoms with Gasteiger partial charge in [-0.05, 0) is 92.4 Å². The number of anilines is 3. The van der Waals surface area contributed by atoms with Gasteiger partial charge in [-0.2, -0.15) is 0 Å². The molecule has 0 radical (unpaired) electrons. The first-order valence-corrected chi connectivity index (χ1v) is 28.3. The highest BCUT2D eigenvalue weighted by Gasteiger charge is 2.27. The second-order valence-corrected chi connectivity index (χ2v) is 21.0. The molecule has 0 atom stereocenters. The topological polar surface area (TPSA) is 152 Å². The number of aryl methyl sites for hydroxylation is 1. The monoisotopic (exact) mass is 1030 g/mol. The van der Waals surface area contributed by atoms with Gasteiger partial charge in [0.1, 0.15) is 5.75 Å². The second kappa shape index (κ2) is 27.7. The van der Waals surface area contributed by atoms with E-state index < -0.39 is 28.0 Å². The van der Waals surface area contributed by atoms with Crippen molar-refractivity contribution in [3.8, 4) is 5.75 Å². The Bertz CT molecular complexity index is 3000. The normalized spacial score (nSPS) is 12.7. The van der Waals surface area contributed by atoms with Crippen molar-refractivity contribution in [2.45, 2.75) is 141 Å². The third-order valence-corrected chi connectivity index (χ3v) is 15.2. The maximum absolute atomic E-state index is 15.2. The number of hydrogen-bond donors (Lipinski definition) is 2. The summed E-state index contributed by atoms with van der Waals surface area (Å²) >= 11 is 6.37. The van der Waals surface area contributed by atoms with Crippen LogP contribution in [0.1, 0.15) is 145 Å². The summed E-state index contributed by atoms with van der Waals surface area (Å²) in [5.41, 5.74) is 2.70. The lowest BCUT2D eigenvalue weighted by Gasteiger charge is -2.30. The van der Waals surface area contributed by atoms with Gasteiger partial charge in [0.2, 0.25) is 0 Å². The van der Waals surface area contributed by atoms with E-state index in [4.69, 9.17) is 26.3 Å². The molecule has 14 heteroatoms. The molecule has 12 nitrogen and oxygen atoms in total. The zero-order valence-electron chi connectivity index (χ0n) is 42.6. The number of carbonyl (C=O) groups excluding carboxylic acids is 2. The minimum atomic E-state index is -4.25. The zero-order chi connectivity index (χ0) is 51.4. The molecular formula is C59H71ClN6O6S. The largest absolute Gasteiger partial charge is 0.491 e. The number of fused-ring (bicyclic) bond motifs is 2. The van der Waals surface area contributed by atoms with Crippen molar-refractivity contribution in [2.24, 2.45) is 4.99 Å². The molecule has 0 aliphatic carbocycles. The molecule has 0 unspecified atom stereocenters. The summed E-state index contributed by atoms with van der Waals surface area (Å²) < 4.78 is 38.1. The van der Waals surface area contributed by atoms with E-state index in [-0.39, 0.29) is 49.7 Å². The van der Waals surface area contributed by atoms with E-state index in [9.17, 15) is 18.0 Å². The van der Waals surface area contributed by atoms with Crippen molar-refractivity contribution in [3.63, 3.8) is 0 Å². The number of aromatic nitrogens is 2. The van der Waals surface area contributed by atoms with Crippen LogP contribution in [0, 0.1) is 0 Å². The Hall–Kier alpha value is -6.31. The quantitative estimate of drug-likeness (QED) is 0.0268. The van der Waals surface area contributed by atoms with Gasteiger partial charge in [-0.15, -0.1) is 0 Å². The number of nitrogens with zero attached hydrogens (tertiary/aromatic N) is 4. The Balaban J connectivity index is 1.16. The lowest BCUT2D eigenvalue weighted by atomic mass is 10.0. The number of sulfonamides is 1. The summed E-state index contributed by atoms with van der Waals surface area (Å²) in [7, 11) is -4.25. The predicted octanol–water partition coefficient (Wildman–Crippen LogP) is 13.9. The molecule has 5 aromatic carbocycles. The van der Waals surface area contributed by atoms with E-state index in [0.717, 1.165) is 62.9 Å². The number of unbranched alkanes of at least 4 members (excludes halogenated alkanes) is 15. The molecule has 2 heterocycles. The van der Waals surface area contributed by atoms with Gasteiger partial charge < -0.3 is 15.0 Å². The number of aliphatic imine (C=N–C) groups is 1. The number of hydrogen-bond acceptors (Lipinski definition) is 9. The zero-order valence-corrected chi connectivity index (χ0v) is 44.1. The van der Waals surface area contributed by atoms with E-state index >= 15 is 4.79 Å². The average molecular weight is 1030 g/mol. The standard InChI is InChI=1S/C59H71ClN6O6S/c1-3-5-6-7-8-9-10-11-12-13-14-15-16-17-18-26-40-72-55-38-36-47(73(70,71)64-51-34-25-23-32-49(51)60)42-52(55)63-58(68)56(61-46-35-37-53-45(41-46)30-27-39-65(53)4-2)57-62-50-33-24-22-31-48(50)59(69)66(57)43-54(67)44-28-20-19-21-29-44/h19-25,28-29,31-38,41-42,64H,3-18,26-27,30,39-40,43H2,1-2H3,(H,63,68). The van der Waals surface area contributed by atoms with Crippen LogP contribution >= 0.6 is 11.6 Å². The number of carbonyl (C=O) groups is 2. The fraction of sp³-hybridized carbons (Fsp3) is 0.407. The smallest absolute Gasteiger partial charge is 0.278 e. The van der Waals surface area contributed by atoms with Gasteiger partial charge in [0.25, 0.3) is 21.5 Å². The number of Topliss-reactive ketones (excluding diaryl/α,β-unsaturated/α-hetero) is 1. The van der Waals surface area contributed by atoms with Crippen LogP contribution in [0.15, 0.2) is 130 Å². The van der Waals surface area contributed by atoms with Crippen molar-refractivity contribution < 1.29 is 22.7 Å². The van der Waals surface area contributed by atoms with Crippen LogP contribution in [-0.4, -0.2) is 55.1 Å². The van der Waals surface area contributed by atoms with Gasteiger partial charge in [-0.1, -0.05) is 169 Å². The van der Waals surface area contributed by atoms with Crippen LogP contribution in [0.2, 0.25) is 5.02 Å². The lowest BCUT2D eigenvalue weighted by molar-refractivity contribution is -0.110. The van der Waals surface area contributed by atoms with Gasteiger partial charge in [0.15, 0.2) is 17.3 Å². The molecule has 73 heavy (non-hydrogen) atoms. The van der Waals surface area contributed by atoms with Crippen molar-refractivity contribution in [1.82, 2.24) is 9.55 Å². The average Bonchev–Trinajstić information content (AvgIpc) is 3.40. The van der Waals surface area contributed by atoms with Crippen LogP contribution in [0.25, 0.3) is 10.9 Å². The SMILES string of the molecule is CCCCCCCCCCCCCCCCCCOc1ccc(S(=O)(=O)Nc2ccccc2Cl)cc1NC(=O)C(=Nc1ccc2c(c1)CCCN2CC)c1nc2ccccc2c(=O)n1CC(=O)c1ccccc1. The number of halogens is 1. The number of ketones is 1. The Morgan fingerprint density at radius 3 is 2.05 bits per heavy atom. The Morgan fingerprint density at radius 2 is 1.37 bits per heavy atom. The number of amides is 1. The first-order valence-electron chi connectivity index (χ1n) is 26.5. The Labute approximate surface area is 436 Å². The molecule has 0 spiro atoms. The molecule has 6 aromatic rings. The molecule has 1 aromatic heterocycles. The van der Waals surface area contributed by atoms with Gasteiger partial charge >= 0.3 is 0 Å². The predicted molar refractivity (Wildman–Crippen MR) is 298 cm³/mol.